The van der Waals surface area contributed by atoms with Crippen LogP contribution in [-0.2, 0) is 11.3 Å². The van der Waals surface area contributed by atoms with E-state index in [1.165, 1.54) is 44.4 Å². The lowest BCUT2D eigenvalue weighted by atomic mass is 10.1. The second-order valence-corrected chi connectivity index (χ2v) is 11.8. The van der Waals surface area contributed by atoms with E-state index in [9.17, 15) is 9.59 Å². The van der Waals surface area contributed by atoms with Crippen LogP contribution in [0.1, 0.15) is 23.1 Å². The Kier molecular flexibility index (Phi) is 10.7. The predicted octanol–water partition coefficient (Wildman–Crippen LogP) is 4.57. The van der Waals surface area contributed by atoms with Crippen molar-refractivity contribution in [3.05, 3.63) is 52.8 Å². The van der Waals surface area contributed by atoms with Crippen LogP contribution in [-0.4, -0.2) is 69.6 Å². The minimum absolute atomic E-state index is 0.0322. The minimum atomic E-state index is -0.392. The summed E-state index contributed by atoms with van der Waals surface area (Å²) in [6.07, 6.45) is 0. The number of amides is 2. The molecule has 0 spiro atoms. The summed E-state index contributed by atoms with van der Waals surface area (Å²) in [5.41, 5.74) is 0.976. The van der Waals surface area contributed by atoms with Crippen LogP contribution in [0.3, 0.4) is 0 Å². The fraction of sp³-hybridized carbons (Fsp3) is 0.280. The Labute approximate surface area is 253 Å². The maximum Gasteiger partial charge on any atom is 0.251 e. The van der Waals surface area contributed by atoms with Crippen LogP contribution in [0.2, 0.25) is 5.02 Å². The van der Waals surface area contributed by atoms with E-state index in [4.69, 9.17) is 25.8 Å². The van der Waals surface area contributed by atoms with Crippen LogP contribution in [0.25, 0.3) is 5.69 Å². The van der Waals surface area contributed by atoms with Gasteiger partial charge >= 0.3 is 0 Å². The number of carbonyl (C=O) groups is 2. The number of nitrogens with one attached hydrogen (secondary N) is 2. The molecule has 0 aliphatic rings. The molecule has 2 amide bonds. The number of thioether (sulfide) groups is 2. The molecule has 0 saturated carbocycles. The zero-order chi connectivity index (χ0) is 29.4. The quantitative estimate of drug-likeness (QED) is 0.158. The first-order valence-electron chi connectivity index (χ1n) is 12.0. The highest BCUT2D eigenvalue weighted by atomic mass is 35.5. The lowest BCUT2D eigenvalue weighted by molar-refractivity contribution is -0.113. The summed E-state index contributed by atoms with van der Waals surface area (Å²) in [5.74, 6) is 1.77. The smallest absolute Gasteiger partial charge is 0.251 e. The molecule has 2 aromatic heterocycles. The molecule has 0 atom stereocenters. The second-order valence-electron chi connectivity index (χ2n) is 7.95. The van der Waals surface area contributed by atoms with Crippen molar-refractivity contribution < 1.29 is 23.8 Å². The maximum absolute atomic E-state index is 13.1. The van der Waals surface area contributed by atoms with E-state index in [1.807, 2.05) is 13.0 Å². The van der Waals surface area contributed by atoms with Crippen molar-refractivity contribution in [3.8, 4) is 22.9 Å². The predicted molar refractivity (Wildman–Crippen MR) is 159 cm³/mol. The van der Waals surface area contributed by atoms with Crippen LogP contribution in [0.15, 0.2) is 45.9 Å². The SMILES string of the molecule is CCSc1nnc(NC(=O)CSc2nnc(CNC(=O)c3cc(OC)c(OC)c(OC)c3)n2-c2cccc(Cl)c2)s1. The van der Waals surface area contributed by atoms with Crippen molar-refractivity contribution in [1.29, 1.82) is 0 Å². The molecule has 0 aliphatic carbocycles. The molecule has 2 N–H and O–H groups in total. The fourth-order valence-corrected chi connectivity index (χ4v) is 6.20. The van der Waals surface area contributed by atoms with Gasteiger partial charge in [-0.05, 0) is 36.1 Å². The molecule has 41 heavy (non-hydrogen) atoms. The van der Waals surface area contributed by atoms with Crippen LogP contribution in [0.4, 0.5) is 5.13 Å². The van der Waals surface area contributed by atoms with Gasteiger partial charge in [0.15, 0.2) is 26.8 Å². The molecule has 2 heterocycles. The highest BCUT2D eigenvalue weighted by Gasteiger charge is 2.20. The first-order valence-corrected chi connectivity index (χ1v) is 15.2. The summed E-state index contributed by atoms with van der Waals surface area (Å²) < 4.78 is 18.6. The summed E-state index contributed by atoms with van der Waals surface area (Å²) in [6, 6.07) is 10.2. The fourth-order valence-electron chi connectivity index (χ4n) is 3.58. The molecular weight excluding hydrogens is 610 g/mol. The Morgan fingerprint density at radius 3 is 2.41 bits per heavy atom. The van der Waals surface area contributed by atoms with Gasteiger partial charge in [0.2, 0.25) is 16.8 Å². The first-order chi connectivity index (χ1) is 19.9. The summed E-state index contributed by atoms with van der Waals surface area (Å²) in [6.45, 7) is 2.05. The number of hydrogen-bond acceptors (Lipinski definition) is 12. The lowest BCUT2D eigenvalue weighted by Gasteiger charge is -2.14. The highest BCUT2D eigenvalue weighted by molar-refractivity contribution is 8.01. The Morgan fingerprint density at radius 1 is 1.00 bits per heavy atom. The van der Waals surface area contributed by atoms with E-state index in [1.54, 1.807) is 46.7 Å². The molecule has 0 unspecified atom stereocenters. The summed E-state index contributed by atoms with van der Waals surface area (Å²) in [4.78, 5) is 25.7. The molecule has 0 saturated heterocycles. The molecule has 4 aromatic rings. The van der Waals surface area contributed by atoms with Gasteiger partial charge in [-0.25, -0.2) is 0 Å². The summed E-state index contributed by atoms with van der Waals surface area (Å²) in [5, 5.41) is 23.6. The van der Waals surface area contributed by atoms with Gasteiger partial charge in [0.1, 0.15) is 0 Å². The van der Waals surface area contributed by atoms with E-state index < -0.39 is 5.91 Å². The van der Waals surface area contributed by atoms with Crippen molar-refractivity contribution >= 4 is 63.4 Å². The standard InChI is InChI=1S/C25H26ClN7O5S3/c1-5-39-25-32-30-23(41-25)28-20(34)13-40-24-31-29-19(33(24)16-8-6-7-15(26)11-16)12-27-22(35)14-9-17(36-2)21(38-4)18(10-14)37-3/h6-11H,5,12-13H2,1-4H3,(H,27,35)(H,28,30,34). The van der Waals surface area contributed by atoms with Gasteiger partial charge in [0.05, 0.1) is 39.3 Å². The monoisotopic (exact) mass is 635 g/mol. The van der Waals surface area contributed by atoms with Crippen molar-refractivity contribution in [2.24, 2.45) is 0 Å². The molecule has 0 radical (unpaired) electrons. The van der Waals surface area contributed by atoms with Gasteiger partial charge < -0.3 is 19.5 Å². The Bertz CT molecular complexity index is 1510. The number of rotatable bonds is 13. The Hall–Kier alpha value is -3.53. The molecule has 0 aliphatic heterocycles. The Balaban J connectivity index is 1.51. The number of benzene rings is 2. The van der Waals surface area contributed by atoms with Gasteiger partial charge in [-0.2, -0.15) is 0 Å². The number of aromatic nitrogens is 5. The third-order valence-corrected chi connectivity index (χ3v) is 8.37. The van der Waals surface area contributed by atoms with Gasteiger partial charge in [-0.3, -0.25) is 19.5 Å². The van der Waals surface area contributed by atoms with Crippen LogP contribution in [0.5, 0.6) is 17.2 Å². The average Bonchev–Trinajstić information content (AvgIpc) is 3.60. The molecular formula is C25H26ClN7O5S3. The van der Waals surface area contributed by atoms with Crippen molar-refractivity contribution in [3.63, 3.8) is 0 Å². The largest absolute Gasteiger partial charge is 0.493 e. The number of halogens is 1. The van der Waals surface area contributed by atoms with E-state index in [0.29, 0.717) is 49.6 Å². The highest BCUT2D eigenvalue weighted by Crippen LogP contribution is 2.38. The number of anilines is 1. The van der Waals surface area contributed by atoms with E-state index in [-0.39, 0.29) is 18.2 Å². The third kappa shape index (κ3) is 7.61. The zero-order valence-corrected chi connectivity index (χ0v) is 25.7. The molecule has 2 aromatic carbocycles. The third-order valence-electron chi connectivity index (χ3n) is 5.35. The number of methoxy groups -OCH3 is 3. The number of carbonyl (C=O) groups excluding carboxylic acids is 2. The topological polar surface area (TPSA) is 142 Å². The van der Waals surface area contributed by atoms with E-state index in [2.05, 4.69) is 31.0 Å². The molecule has 0 bridgehead atoms. The van der Waals surface area contributed by atoms with Crippen molar-refractivity contribution in [2.45, 2.75) is 23.0 Å². The van der Waals surface area contributed by atoms with Crippen LogP contribution < -0.4 is 24.8 Å². The molecule has 216 valence electrons. The number of ether oxygens (including phenoxy) is 3. The van der Waals surface area contributed by atoms with Crippen LogP contribution in [0, 0.1) is 0 Å². The minimum Gasteiger partial charge on any atom is -0.493 e. The van der Waals surface area contributed by atoms with Crippen LogP contribution >= 0.6 is 46.5 Å². The lowest BCUT2D eigenvalue weighted by Crippen LogP contribution is -2.25. The van der Waals surface area contributed by atoms with Gasteiger partial charge in [-0.1, -0.05) is 59.5 Å². The zero-order valence-electron chi connectivity index (χ0n) is 22.5. The molecule has 16 heteroatoms. The van der Waals surface area contributed by atoms with E-state index >= 15 is 0 Å². The van der Waals surface area contributed by atoms with Gasteiger partial charge in [0, 0.05) is 10.6 Å². The molecule has 0 fully saturated rings. The van der Waals surface area contributed by atoms with Gasteiger partial charge in [0.25, 0.3) is 5.91 Å². The first kappa shape index (κ1) is 30.4. The Morgan fingerprint density at radius 2 is 1.76 bits per heavy atom. The summed E-state index contributed by atoms with van der Waals surface area (Å²) >= 11 is 10.3. The average molecular weight is 636 g/mol. The maximum atomic E-state index is 13.1. The summed E-state index contributed by atoms with van der Waals surface area (Å²) in [7, 11) is 4.44. The van der Waals surface area contributed by atoms with Crippen molar-refractivity contribution in [1.82, 2.24) is 30.3 Å². The second kappa shape index (κ2) is 14.4. The number of nitrogens with zero attached hydrogens (tertiary/aromatic N) is 5. The van der Waals surface area contributed by atoms with Crippen molar-refractivity contribution in [2.75, 3.05) is 38.2 Å². The van der Waals surface area contributed by atoms with E-state index in [0.717, 1.165) is 10.1 Å². The number of hydrogen-bond donors (Lipinski definition) is 2. The van der Waals surface area contributed by atoms with Gasteiger partial charge in [-0.15, -0.1) is 20.4 Å². The molecule has 4 rings (SSSR count). The molecule has 12 nitrogen and oxygen atoms in total. The normalized spacial score (nSPS) is 10.8.